The monoisotopic (exact) mass is 496 g/mol. The maximum Gasteiger partial charge on any atom is 0.490 e. The molecule has 1 fully saturated rings. The maximum atomic E-state index is 11.9. The summed E-state index contributed by atoms with van der Waals surface area (Å²) in [6.45, 7) is 0.765. The summed E-state index contributed by atoms with van der Waals surface area (Å²) in [7, 11) is -16.6. The Bertz CT molecular complexity index is 1010. The summed E-state index contributed by atoms with van der Waals surface area (Å²) >= 11 is 0. The third-order valence-electron chi connectivity index (χ3n) is 3.56. The first-order valence-corrected chi connectivity index (χ1v) is 12.6. The first-order chi connectivity index (χ1) is 13.7. The van der Waals surface area contributed by atoms with Crippen LogP contribution in [-0.4, -0.2) is 48.1 Å². The van der Waals surface area contributed by atoms with Gasteiger partial charge in [0.25, 0.3) is 5.56 Å². The van der Waals surface area contributed by atoms with Gasteiger partial charge in [0.15, 0.2) is 5.79 Å². The predicted octanol–water partition coefficient (Wildman–Crippen LogP) is -0.0783. The van der Waals surface area contributed by atoms with Crippen molar-refractivity contribution < 1.29 is 55.9 Å². The zero-order chi connectivity index (χ0) is 22.8. The van der Waals surface area contributed by atoms with E-state index >= 15 is 0 Å². The molecule has 0 aromatic carbocycles. The number of rotatable bonds is 10. The molecule has 0 radical (unpaired) electrons. The lowest BCUT2D eigenvalue weighted by Gasteiger charge is -2.29. The Labute approximate surface area is 167 Å². The second-order valence-electron chi connectivity index (χ2n) is 5.84. The topological polar surface area (TPSA) is 233 Å². The number of nitrogens with one attached hydrogen (secondary N) is 1. The Balaban J connectivity index is 2.11. The van der Waals surface area contributed by atoms with Crippen molar-refractivity contribution in [3.8, 4) is 0 Å². The highest BCUT2D eigenvalue weighted by molar-refractivity contribution is 7.66. The van der Waals surface area contributed by atoms with E-state index in [9.17, 15) is 28.2 Å². The van der Waals surface area contributed by atoms with Gasteiger partial charge in [-0.15, -0.1) is 0 Å². The van der Waals surface area contributed by atoms with Crippen molar-refractivity contribution >= 4 is 23.5 Å². The molecule has 19 heteroatoms. The summed E-state index contributed by atoms with van der Waals surface area (Å²) in [5.41, 5.74) is -1.40. The van der Waals surface area contributed by atoms with Gasteiger partial charge in [-0.3, -0.25) is 18.9 Å². The van der Waals surface area contributed by atoms with E-state index in [0.717, 1.165) is 10.6 Å². The van der Waals surface area contributed by atoms with Gasteiger partial charge in [-0.1, -0.05) is 0 Å². The number of hydrogen-bond donors (Lipinski definition) is 5. The Morgan fingerprint density at radius 2 is 1.87 bits per heavy atom. The SMILES string of the molecule is CCOC1(COP(=O)(O)OP(=O)(O)OP(=O)(O)O)CCC(n2ccc(=O)[nH]c2=O)O1. The number of hydrogen-bond acceptors (Lipinski definition) is 10. The van der Waals surface area contributed by atoms with Gasteiger partial charge in [0.05, 0.1) is 0 Å². The van der Waals surface area contributed by atoms with E-state index in [-0.39, 0.29) is 19.4 Å². The van der Waals surface area contributed by atoms with Gasteiger partial charge in [0.2, 0.25) is 0 Å². The summed E-state index contributed by atoms with van der Waals surface area (Å²) in [6.07, 6.45) is 0.430. The van der Waals surface area contributed by atoms with Gasteiger partial charge in [0.1, 0.15) is 12.8 Å². The lowest BCUT2D eigenvalue weighted by molar-refractivity contribution is -0.251. The molecule has 1 aliphatic heterocycles. The molecule has 1 aliphatic rings. The third-order valence-corrected chi connectivity index (χ3v) is 7.34. The van der Waals surface area contributed by atoms with E-state index in [4.69, 9.17) is 24.2 Å². The lowest BCUT2D eigenvalue weighted by Crippen LogP contribution is -2.39. The Morgan fingerprint density at radius 1 is 1.20 bits per heavy atom. The maximum absolute atomic E-state index is 11.9. The first kappa shape index (κ1) is 25.3. The Kier molecular flexibility index (Phi) is 7.79. The highest BCUT2D eigenvalue weighted by Gasteiger charge is 2.46. The molecule has 0 amide bonds. The highest BCUT2D eigenvalue weighted by atomic mass is 31.3. The predicted molar refractivity (Wildman–Crippen MR) is 94.9 cm³/mol. The fraction of sp³-hybridized carbons (Fsp3) is 0.636. The molecule has 0 aliphatic carbocycles. The van der Waals surface area contributed by atoms with Crippen LogP contribution in [0.15, 0.2) is 21.9 Å². The molecule has 1 aromatic rings. The number of aromatic nitrogens is 2. The van der Waals surface area contributed by atoms with Crippen LogP contribution in [0.4, 0.5) is 0 Å². The quantitative estimate of drug-likeness (QED) is 0.267. The number of aromatic amines is 1. The Morgan fingerprint density at radius 3 is 2.43 bits per heavy atom. The number of nitrogens with zero attached hydrogens (tertiary/aromatic N) is 1. The van der Waals surface area contributed by atoms with Crippen LogP contribution in [0.25, 0.3) is 0 Å². The van der Waals surface area contributed by atoms with Crippen LogP contribution in [0, 0.1) is 0 Å². The number of H-pyrrole nitrogens is 1. The Hall–Kier alpha value is -0.990. The van der Waals surface area contributed by atoms with Crippen molar-refractivity contribution in [3.63, 3.8) is 0 Å². The summed E-state index contributed by atoms with van der Waals surface area (Å²) in [5, 5.41) is 0. The van der Waals surface area contributed by atoms with Crippen LogP contribution in [0.3, 0.4) is 0 Å². The van der Waals surface area contributed by atoms with Crippen LogP contribution in [0.1, 0.15) is 26.0 Å². The van der Waals surface area contributed by atoms with E-state index in [1.54, 1.807) is 6.92 Å². The minimum absolute atomic E-state index is 0.0346. The normalized spacial score (nSPS) is 26.2. The van der Waals surface area contributed by atoms with Gasteiger partial charge in [-0.25, -0.2) is 18.5 Å². The molecule has 1 saturated heterocycles. The van der Waals surface area contributed by atoms with Gasteiger partial charge in [-0.05, 0) is 13.3 Å². The second kappa shape index (κ2) is 9.25. The number of phosphoric ester groups is 1. The van der Waals surface area contributed by atoms with Crippen LogP contribution < -0.4 is 11.2 Å². The molecular weight excluding hydrogens is 477 g/mol. The average Bonchev–Trinajstić information content (AvgIpc) is 2.94. The molecule has 4 atom stereocenters. The lowest BCUT2D eigenvalue weighted by atomic mass is 10.2. The van der Waals surface area contributed by atoms with E-state index in [1.807, 2.05) is 4.98 Å². The van der Waals surface area contributed by atoms with E-state index < -0.39 is 53.3 Å². The molecule has 2 rings (SSSR count). The molecule has 5 N–H and O–H groups in total. The zero-order valence-electron chi connectivity index (χ0n) is 15.2. The fourth-order valence-electron chi connectivity index (χ4n) is 2.56. The summed E-state index contributed by atoms with van der Waals surface area (Å²) in [5.74, 6) is -1.68. The molecular formula is C11H19N2O14P3. The molecule has 0 saturated carbocycles. The standard InChI is InChI=1S/C11H19N2O14P3/c1-2-23-11(5-3-9(25-11)13-6-4-8(14)12-10(13)15)7-24-29(19,20)27-30(21,22)26-28(16,17)18/h4,6,9H,2-3,5,7H2,1H3,(H,19,20)(H,21,22)(H,12,14,15)(H2,16,17,18). The smallest absolute Gasteiger partial charge is 0.348 e. The number of phosphoric acid groups is 3. The van der Waals surface area contributed by atoms with Crippen molar-refractivity contribution in [2.45, 2.75) is 31.8 Å². The van der Waals surface area contributed by atoms with Crippen LogP contribution in [0.2, 0.25) is 0 Å². The van der Waals surface area contributed by atoms with Crippen LogP contribution in [0.5, 0.6) is 0 Å². The average molecular weight is 496 g/mol. The van der Waals surface area contributed by atoms with E-state index in [0.29, 0.717) is 0 Å². The minimum atomic E-state index is -5.67. The number of ether oxygens (including phenoxy) is 2. The van der Waals surface area contributed by atoms with Gasteiger partial charge in [0, 0.05) is 25.3 Å². The zero-order valence-corrected chi connectivity index (χ0v) is 17.9. The van der Waals surface area contributed by atoms with Crippen LogP contribution in [-0.2, 0) is 36.3 Å². The van der Waals surface area contributed by atoms with Crippen molar-refractivity contribution in [2.24, 2.45) is 0 Å². The van der Waals surface area contributed by atoms with Gasteiger partial charge in [-0.2, -0.15) is 8.62 Å². The van der Waals surface area contributed by atoms with Crippen molar-refractivity contribution in [1.29, 1.82) is 0 Å². The summed E-state index contributed by atoms with van der Waals surface area (Å²) in [4.78, 5) is 60.9. The molecule has 30 heavy (non-hydrogen) atoms. The molecule has 4 unspecified atom stereocenters. The summed E-state index contributed by atoms with van der Waals surface area (Å²) < 4.78 is 57.8. The van der Waals surface area contributed by atoms with Gasteiger partial charge >= 0.3 is 29.2 Å². The molecule has 0 spiro atoms. The molecule has 2 heterocycles. The molecule has 0 bridgehead atoms. The van der Waals surface area contributed by atoms with Crippen molar-refractivity contribution in [1.82, 2.24) is 9.55 Å². The van der Waals surface area contributed by atoms with Crippen molar-refractivity contribution in [3.05, 3.63) is 33.1 Å². The van der Waals surface area contributed by atoms with E-state index in [1.165, 1.54) is 6.20 Å². The fourth-order valence-corrected chi connectivity index (χ4v) is 5.61. The molecule has 1 aromatic heterocycles. The second-order valence-corrected chi connectivity index (χ2v) is 10.3. The van der Waals surface area contributed by atoms with Gasteiger partial charge < -0.3 is 29.0 Å². The van der Waals surface area contributed by atoms with Crippen molar-refractivity contribution in [2.75, 3.05) is 13.2 Å². The summed E-state index contributed by atoms with van der Waals surface area (Å²) in [6, 6.07) is 1.08. The molecule has 172 valence electrons. The van der Waals surface area contributed by atoms with Crippen LogP contribution >= 0.6 is 23.5 Å². The molecule has 16 nitrogen and oxygen atoms in total. The minimum Gasteiger partial charge on any atom is -0.348 e. The first-order valence-electron chi connectivity index (χ1n) is 8.07. The highest BCUT2D eigenvalue weighted by Crippen LogP contribution is 2.66. The van der Waals surface area contributed by atoms with E-state index in [2.05, 4.69) is 13.1 Å². The third kappa shape index (κ3) is 7.31. The largest absolute Gasteiger partial charge is 0.490 e.